The zero-order chi connectivity index (χ0) is 27.8. The second-order valence-corrected chi connectivity index (χ2v) is 11.7. The number of thiophene rings is 1. The normalized spacial score (nSPS) is 13.6. The maximum Gasteiger partial charge on any atom is 0.254 e. The number of carbonyl (C=O) groups is 2. The smallest absolute Gasteiger partial charge is 0.254 e. The van der Waals surface area contributed by atoms with E-state index >= 15 is 0 Å². The van der Waals surface area contributed by atoms with E-state index in [0.717, 1.165) is 41.7 Å². The lowest BCUT2D eigenvalue weighted by Gasteiger charge is -2.35. The van der Waals surface area contributed by atoms with Crippen molar-refractivity contribution in [2.24, 2.45) is 0 Å². The molecule has 1 aliphatic rings. The first kappa shape index (κ1) is 28.7. The lowest BCUT2D eigenvalue weighted by molar-refractivity contribution is -0.133. The van der Waals surface area contributed by atoms with E-state index in [4.69, 9.17) is 9.47 Å². The summed E-state index contributed by atoms with van der Waals surface area (Å²) >= 11 is 1.71. The van der Waals surface area contributed by atoms with Gasteiger partial charge in [0.15, 0.2) is 11.5 Å². The van der Waals surface area contributed by atoms with Crippen molar-refractivity contribution in [3.05, 3.63) is 81.0 Å². The molecule has 0 atom stereocenters. The number of ether oxygens (including phenoxy) is 2. The number of amides is 2. The van der Waals surface area contributed by atoms with E-state index in [-0.39, 0.29) is 24.4 Å². The fourth-order valence-electron chi connectivity index (χ4n) is 5.22. The Bertz CT molecular complexity index is 1250. The summed E-state index contributed by atoms with van der Waals surface area (Å²) < 4.78 is 10.9. The highest BCUT2D eigenvalue weighted by Crippen LogP contribution is 2.28. The van der Waals surface area contributed by atoms with Gasteiger partial charge in [-0.15, -0.1) is 11.3 Å². The average Bonchev–Trinajstić information content (AvgIpc) is 3.38. The summed E-state index contributed by atoms with van der Waals surface area (Å²) in [7, 11) is 3.25. The van der Waals surface area contributed by atoms with Crippen LogP contribution in [0.25, 0.3) is 0 Å². The fourth-order valence-corrected chi connectivity index (χ4v) is 6.12. The highest BCUT2D eigenvalue weighted by atomic mass is 32.1. The SMILES string of the molecule is COc1ccc(CCN(Cc2ccc(C)s2)C(=O)CN(C(=O)c2ccc(C)cc2)C2CCCCC2)cc1OC. The molecule has 1 saturated carbocycles. The molecule has 1 fully saturated rings. The molecular formula is C32H40N2O4S. The highest BCUT2D eigenvalue weighted by molar-refractivity contribution is 7.11. The van der Waals surface area contributed by atoms with Crippen LogP contribution in [-0.4, -0.2) is 55.0 Å². The number of nitrogens with zero attached hydrogens (tertiary/aromatic N) is 2. The first-order chi connectivity index (χ1) is 18.9. The summed E-state index contributed by atoms with van der Waals surface area (Å²) in [6, 6.07) is 17.8. The van der Waals surface area contributed by atoms with Crippen LogP contribution in [0.15, 0.2) is 54.6 Å². The van der Waals surface area contributed by atoms with E-state index in [0.29, 0.717) is 36.6 Å². The van der Waals surface area contributed by atoms with Crippen LogP contribution in [0, 0.1) is 13.8 Å². The van der Waals surface area contributed by atoms with Gasteiger partial charge in [0.1, 0.15) is 6.54 Å². The predicted molar refractivity (Wildman–Crippen MR) is 157 cm³/mol. The van der Waals surface area contributed by atoms with Crippen molar-refractivity contribution in [1.82, 2.24) is 9.80 Å². The van der Waals surface area contributed by atoms with Crippen molar-refractivity contribution in [1.29, 1.82) is 0 Å². The molecule has 39 heavy (non-hydrogen) atoms. The molecule has 7 heteroatoms. The van der Waals surface area contributed by atoms with Crippen LogP contribution in [0.4, 0.5) is 0 Å². The third-order valence-corrected chi connectivity index (χ3v) is 8.48. The minimum absolute atomic E-state index is 0.0208. The van der Waals surface area contributed by atoms with Crippen molar-refractivity contribution >= 4 is 23.2 Å². The molecule has 2 aromatic carbocycles. The fraction of sp³-hybridized carbons (Fsp3) is 0.438. The number of aryl methyl sites for hydroxylation is 2. The number of benzene rings is 2. The minimum Gasteiger partial charge on any atom is -0.493 e. The van der Waals surface area contributed by atoms with E-state index in [1.807, 2.05) is 59.2 Å². The van der Waals surface area contributed by atoms with Gasteiger partial charge in [0.05, 0.1) is 20.8 Å². The van der Waals surface area contributed by atoms with Gasteiger partial charge in [-0.1, -0.05) is 43.0 Å². The van der Waals surface area contributed by atoms with E-state index in [1.54, 1.807) is 25.6 Å². The summed E-state index contributed by atoms with van der Waals surface area (Å²) in [5.41, 5.74) is 2.82. The van der Waals surface area contributed by atoms with Gasteiger partial charge in [0.2, 0.25) is 5.91 Å². The largest absolute Gasteiger partial charge is 0.493 e. The van der Waals surface area contributed by atoms with Gasteiger partial charge < -0.3 is 19.3 Å². The van der Waals surface area contributed by atoms with E-state index in [2.05, 4.69) is 19.1 Å². The number of carbonyl (C=O) groups excluding carboxylic acids is 2. The standard InChI is InChI=1S/C32H40N2O4S/c1-23-10-14-26(15-11-23)32(36)34(27-8-6-5-7-9-27)22-31(35)33(21-28-16-12-24(2)39-28)19-18-25-13-17-29(37-3)30(20-25)38-4/h10-17,20,27H,5-9,18-19,21-22H2,1-4H3. The number of rotatable bonds is 11. The first-order valence-corrected chi connectivity index (χ1v) is 14.6. The summed E-state index contributed by atoms with van der Waals surface area (Å²) in [5.74, 6) is 1.28. The quantitative estimate of drug-likeness (QED) is 0.277. The highest BCUT2D eigenvalue weighted by Gasteiger charge is 2.30. The maximum absolute atomic E-state index is 13.9. The second-order valence-electron chi connectivity index (χ2n) is 10.4. The van der Waals surface area contributed by atoms with Gasteiger partial charge in [-0.05, 0) is 75.1 Å². The average molecular weight is 549 g/mol. The summed E-state index contributed by atoms with van der Waals surface area (Å²) in [4.78, 5) is 33.8. The van der Waals surface area contributed by atoms with Gasteiger partial charge in [0, 0.05) is 27.9 Å². The van der Waals surface area contributed by atoms with Crippen LogP contribution in [0.2, 0.25) is 0 Å². The lowest BCUT2D eigenvalue weighted by Crippen LogP contribution is -2.48. The summed E-state index contributed by atoms with van der Waals surface area (Å²) in [5, 5.41) is 0. The molecule has 6 nitrogen and oxygen atoms in total. The Morgan fingerprint density at radius 3 is 2.26 bits per heavy atom. The Morgan fingerprint density at radius 2 is 1.62 bits per heavy atom. The van der Waals surface area contributed by atoms with Crippen LogP contribution in [0.1, 0.15) is 63.3 Å². The van der Waals surface area contributed by atoms with Crippen molar-refractivity contribution in [3.63, 3.8) is 0 Å². The maximum atomic E-state index is 13.9. The zero-order valence-corrected chi connectivity index (χ0v) is 24.4. The summed E-state index contributed by atoms with van der Waals surface area (Å²) in [6.45, 7) is 5.26. The molecule has 1 heterocycles. The van der Waals surface area contributed by atoms with Crippen LogP contribution in [-0.2, 0) is 17.8 Å². The number of hydrogen-bond acceptors (Lipinski definition) is 5. The Kier molecular flexibility index (Phi) is 10.0. The number of methoxy groups -OCH3 is 2. The van der Waals surface area contributed by atoms with Gasteiger partial charge >= 0.3 is 0 Å². The van der Waals surface area contributed by atoms with Crippen LogP contribution < -0.4 is 9.47 Å². The molecule has 1 aromatic heterocycles. The Hall–Kier alpha value is -3.32. The molecule has 3 aromatic rings. The van der Waals surface area contributed by atoms with Gasteiger partial charge in [-0.25, -0.2) is 0 Å². The molecular weight excluding hydrogens is 508 g/mol. The molecule has 0 N–H and O–H groups in total. The topological polar surface area (TPSA) is 59.1 Å². The van der Waals surface area contributed by atoms with E-state index in [9.17, 15) is 9.59 Å². The Balaban J connectivity index is 1.55. The molecule has 0 radical (unpaired) electrons. The van der Waals surface area contributed by atoms with Gasteiger partial charge in [-0.2, -0.15) is 0 Å². The van der Waals surface area contributed by atoms with Gasteiger partial charge in [-0.3, -0.25) is 9.59 Å². The third kappa shape index (κ3) is 7.63. The van der Waals surface area contributed by atoms with Crippen LogP contribution >= 0.6 is 11.3 Å². The number of hydrogen-bond donors (Lipinski definition) is 0. The monoisotopic (exact) mass is 548 g/mol. The lowest BCUT2D eigenvalue weighted by atomic mass is 9.93. The molecule has 0 unspecified atom stereocenters. The molecule has 0 bridgehead atoms. The van der Waals surface area contributed by atoms with Crippen molar-refractivity contribution in [3.8, 4) is 11.5 Å². The third-order valence-electron chi connectivity index (χ3n) is 7.49. The van der Waals surface area contributed by atoms with Crippen LogP contribution in [0.3, 0.4) is 0 Å². The summed E-state index contributed by atoms with van der Waals surface area (Å²) in [6.07, 6.45) is 5.93. The predicted octanol–water partition coefficient (Wildman–Crippen LogP) is 6.43. The molecule has 4 rings (SSSR count). The van der Waals surface area contributed by atoms with Gasteiger partial charge in [0.25, 0.3) is 5.91 Å². The zero-order valence-electron chi connectivity index (χ0n) is 23.6. The Morgan fingerprint density at radius 1 is 0.897 bits per heavy atom. The first-order valence-electron chi connectivity index (χ1n) is 13.8. The van der Waals surface area contributed by atoms with Crippen LogP contribution in [0.5, 0.6) is 11.5 Å². The molecule has 2 amide bonds. The van der Waals surface area contributed by atoms with E-state index in [1.165, 1.54) is 11.3 Å². The van der Waals surface area contributed by atoms with Crippen molar-refractivity contribution < 1.29 is 19.1 Å². The molecule has 0 saturated heterocycles. The second kappa shape index (κ2) is 13.7. The van der Waals surface area contributed by atoms with Crippen molar-refractivity contribution in [2.45, 2.75) is 65.0 Å². The molecule has 0 spiro atoms. The molecule has 0 aliphatic heterocycles. The molecule has 1 aliphatic carbocycles. The Labute approximate surface area is 236 Å². The van der Waals surface area contributed by atoms with E-state index < -0.39 is 0 Å². The minimum atomic E-state index is -0.0536. The molecule has 208 valence electrons. The van der Waals surface area contributed by atoms with Crippen molar-refractivity contribution in [2.75, 3.05) is 27.3 Å².